The van der Waals surface area contributed by atoms with Crippen molar-refractivity contribution >= 4 is 53.9 Å². The van der Waals surface area contributed by atoms with Crippen molar-refractivity contribution in [2.24, 2.45) is 0 Å². The molecule has 0 fully saturated rings. The molecule has 4 aromatic carbocycles. The first kappa shape index (κ1) is 15.9. The fourth-order valence-electron chi connectivity index (χ4n) is 3.53. The molecule has 2 heterocycles. The maximum Gasteiger partial charge on any atom is 0.155 e. The maximum absolute atomic E-state index is 4.87. The minimum atomic E-state index is 1.01. The second-order valence-electron chi connectivity index (χ2n) is 6.77. The number of fused-ring (bicyclic) bond motifs is 3. The van der Waals surface area contributed by atoms with Crippen LogP contribution < -0.4 is 0 Å². The molecule has 0 atom stereocenters. The third-order valence-electron chi connectivity index (χ3n) is 4.97. The summed E-state index contributed by atoms with van der Waals surface area (Å²) in [6, 6.07) is 29.9. The van der Waals surface area contributed by atoms with Crippen LogP contribution in [0.15, 0.2) is 84.9 Å². The summed E-state index contributed by atoms with van der Waals surface area (Å²) in [6.07, 6.45) is 0. The zero-order valence-electron chi connectivity index (χ0n) is 14.8. The van der Waals surface area contributed by atoms with E-state index in [9.17, 15) is 0 Å². The Bertz CT molecular complexity index is 1340. The number of rotatable bonds is 2. The van der Waals surface area contributed by atoms with Gasteiger partial charge in [-0.05, 0) is 33.7 Å². The van der Waals surface area contributed by atoms with E-state index in [1.165, 1.54) is 21.5 Å². The van der Waals surface area contributed by atoms with E-state index in [0.29, 0.717) is 0 Å². The Labute approximate surface area is 169 Å². The molecule has 0 saturated heterocycles. The molecular weight excluding hydrogens is 380 g/mol. The topological polar surface area (TPSA) is 25.8 Å². The van der Waals surface area contributed by atoms with Crippen molar-refractivity contribution < 1.29 is 0 Å². The Morgan fingerprint density at radius 3 is 1.36 bits per heavy atom. The molecular formula is C24H14N2S2. The number of thiazole rings is 2. The summed E-state index contributed by atoms with van der Waals surface area (Å²) in [5.41, 5.74) is 2.31. The van der Waals surface area contributed by atoms with E-state index in [1.54, 1.807) is 22.7 Å². The van der Waals surface area contributed by atoms with Crippen molar-refractivity contribution in [1.82, 2.24) is 9.97 Å². The van der Waals surface area contributed by atoms with E-state index >= 15 is 0 Å². The molecule has 0 saturated carbocycles. The lowest BCUT2D eigenvalue weighted by molar-refractivity contribution is 1.49. The molecule has 6 aromatic rings. The molecule has 0 N–H and O–H groups in total. The van der Waals surface area contributed by atoms with Gasteiger partial charge in [0.25, 0.3) is 0 Å². The standard InChI is InChI=1S/C24H14N2S2/c1-3-7-17-13-19(11-9-15(17)5-1)21-25-23-24(27-21)26-22(28-23)20-12-10-16-6-2-4-8-18(16)14-20/h1-14H. The van der Waals surface area contributed by atoms with E-state index in [-0.39, 0.29) is 0 Å². The Hall–Kier alpha value is -3.08. The number of aromatic nitrogens is 2. The van der Waals surface area contributed by atoms with Gasteiger partial charge in [0.1, 0.15) is 10.0 Å². The van der Waals surface area contributed by atoms with Crippen molar-refractivity contribution in [3.05, 3.63) is 84.9 Å². The molecule has 0 radical (unpaired) electrons. The van der Waals surface area contributed by atoms with Crippen LogP contribution in [0.3, 0.4) is 0 Å². The summed E-state index contributed by atoms with van der Waals surface area (Å²) in [4.78, 5) is 11.8. The van der Waals surface area contributed by atoms with Crippen LogP contribution in [0, 0.1) is 0 Å². The van der Waals surface area contributed by atoms with Gasteiger partial charge in [0, 0.05) is 11.1 Å². The summed E-state index contributed by atoms with van der Waals surface area (Å²) in [7, 11) is 0. The second kappa shape index (κ2) is 6.23. The van der Waals surface area contributed by atoms with Crippen molar-refractivity contribution in [3.63, 3.8) is 0 Å². The molecule has 0 bridgehead atoms. The average Bonchev–Trinajstić information content (AvgIpc) is 3.32. The lowest BCUT2D eigenvalue weighted by atomic mass is 10.1. The van der Waals surface area contributed by atoms with E-state index in [0.717, 1.165) is 30.8 Å². The highest BCUT2D eigenvalue weighted by Gasteiger charge is 2.13. The second-order valence-corrected chi connectivity index (χ2v) is 8.73. The third kappa shape index (κ3) is 2.61. The predicted molar refractivity (Wildman–Crippen MR) is 121 cm³/mol. The van der Waals surface area contributed by atoms with Crippen LogP contribution in [-0.2, 0) is 0 Å². The van der Waals surface area contributed by atoms with E-state index in [2.05, 4.69) is 84.9 Å². The van der Waals surface area contributed by atoms with Gasteiger partial charge >= 0.3 is 0 Å². The van der Waals surface area contributed by atoms with Gasteiger partial charge in [-0.3, -0.25) is 0 Å². The monoisotopic (exact) mass is 394 g/mol. The molecule has 0 aliphatic rings. The molecule has 28 heavy (non-hydrogen) atoms. The molecule has 0 aliphatic heterocycles. The molecule has 0 unspecified atom stereocenters. The van der Waals surface area contributed by atoms with Gasteiger partial charge in [0.15, 0.2) is 9.66 Å². The largest absolute Gasteiger partial charge is 0.223 e. The first-order valence-electron chi connectivity index (χ1n) is 9.09. The summed E-state index contributed by atoms with van der Waals surface area (Å²) in [6.45, 7) is 0. The smallest absolute Gasteiger partial charge is 0.155 e. The molecule has 0 aliphatic carbocycles. The first-order valence-corrected chi connectivity index (χ1v) is 10.7. The van der Waals surface area contributed by atoms with Crippen molar-refractivity contribution in [2.45, 2.75) is 0 Å². The predicted octanol–water partition coefficient (Wildman–Crippen LogP) is 7.39. The van der Waals surface area contributed by atoms with Crippen LogP contribution in [0.4, 0.5) is 0 Å². The van der Waals surface area contributed by atoms with Gasteiger partial charge in [-0.25, -0.2) is 9.97 Å². The van der Waals surface area contributed by atoms with E-state index in [1.807, 2.05) is 0 Å². The lowest BCUT2D eigenvalue weighted by Gasteiger charge is -2.01. The highest BCUT2D eigenvalue weighted by atomic mass is 32.1. The fourth-order valence-corrected chi connectivity index (χ4v) is 5.57. The molecule has 2 aromatic heterocycles. The minimum absolute atomic E-state index is 1.01. The summed E-state index contributed by atoms with van der Waals surface area (Å²) >= 11 is 3.33. The molecule has 0 amide bonds. The summed E-state index contributed by atoms with van der Waals surface area (Å²) in [5, 5.41) is 7.04. The Morgan fingerprint density at radius 1 is 0.464 bits per heavy atom. The molecule has 2 nitrogen and oxygen atoms in total. The van der Waals surface area contributed by atoms with Gasteiger partial charge in [-0.1, -0.05) is 95.5 Å². The third-order valence-corrected chi connectivity index (χ3v) is 7.09. The van der Waals surface area contributed by atoms with Gasteiger partial charge < -0.3 is 0 Å². The Morgan fingerprint density at radius 2 is 0.893 bits per heavy atom. The summed E-state index contributed by atoms with van der Waals surface area (Å²) < 4.78 is 0. The summed E-state index contributed by atoms with van der Waals surface area (Å²) in [5.74, 6) is 0. The normalized spacial score (nSPS) is 11.6. The maximum atomic E-state index is 4.87. The molecule has 4 heteroatoms. The van der Waals surface area contributed by atoms with Gasteiger partial charge in [-0.15, -0.1) is 0 Å². The first-order chi connectivity index (χ1) is 13.8. The van der Waals surface area contributed by atoms with Crippen LogP contribution in [-0.4, -0.2) is 9.97 Å². The van der Waals surface area contributed by atoms with Crippen molar-refractivity contribution in [1.29, 1.82) is 0 Å². The number of nitrogens with zero attached hydrogens (tertiary/aromatic N) is 2. The molecule has 6 rings (SSSR count). The highest BCUT2D eigenvalue weighted by Crippen LogP contribution is 2.37. The van der Waals surface area contributed by atoms with E-state index in [4.69, 9.17) is 9.97 Å². The number of hydrogen-bond donors (Lipinski definition) is 0. The lowest BCUT2D eigenvalue weighted by Crippen LogP contribution is -1.78. The number of benzene rings is 4. The van der Waals surface area contributed by atoms with Crippen LogP contribution >= 0.6 is 22.7 Å². The minimum Gasteiger partial charge on any atom is -0.223 e. The fraction of sp³-hybridized carbons (Fsp3) is 0. The molecule has 0 spiro atoms. The van der Waals surface area contributed by atoms with Crippen LogP contribution in [0.2, 0.25) is 0 Å². The molecule has 132 valence electrons. The van der Waals surface area contributed by atoms with Gasteiger partial charge in [0.2, 0.25) is 0 Å². The van der Waals surface area contributed by atoms with Gasteiger partial charge in [0.05, 0.1) is 0 Å². The van der Waals surface area contributed by atoms with Crippen molar-refractivity contribution in [2.75, 3.05) is 0 Å². The van der Waals surface area contributed by atoms with E-state index < -0.39 is 0 Å². The van der Waals surface area contributed by atoms with Crippen LogP contribution in [0.5, 0.6) is 0 Å². The van der Waals surface area contributed by atoms with Crippen molar-refractivity contribution in [3.8, 4) is 21.1 Å². The highest BCUT2D eigenvalue weighted by molar-refractivity contribution is 7.29. The SMILES string of the molecule is c1ccc2cc(-c3nc4sc(-c5ccc6ccccc6c5)nc4s3)ccc2c1. The number of hydrogen-bond acceptors (Lipinski definition) is 4. The Balaban J connectivity index is 1.41. The average molecular weight is 395 g/mol. The zero-order valence-corrected chi connectivity index (χ0v) is 16.4. The zero-order chi connectivity index (χ0) is 18.5. The Kier molecular flexibility index (Phi) is 3.54. The quantitative estimate of drug-likeness (QED) is 0.306. The van der Waals surface area contributed by atoms with Crippen LogP contribution in [0.1, 0.15) is 0 Å². The van der Waals surface area contributed by atoms with Gasteiger partial charge in [-0.2, -0.15) is 0 Å². The van der Waals surface area contributed by atoms with Crippen LogP contribution in [0.25, 0.3) is 52.3 Å².